The molecular formula is C17H15NO4. The molecule has 2 atom stereocenters. The first-order chi connectivity index (χ1) is 10.7. The summed E-state index contributed by atoms with van der Waals surface area (Å²) in [6, 6.07) is 17.9. The van der Waals surface area contributed by atoms with Crippen LogP contribution in [0.3, 0.4) is 0 Å². The molecule has 1 fully saturated rings. The number of hydrogen-bond donors (Lipinski definition) is 1. The summed E-state index contributed by atoms with van der Waals surface area (Å²) in [4.78, 5) is 24.5. The van der Waals surface area contributed by atoms with Gasteiger partial charge >= 0.3 is 12.1 Å². The number of nitrogens with zero attached hydrogens (tertiary/aromatic N) is 1. The third-order valence-electron chi connectivity index (χ3n) is 3.70. The van der Waals surface area contributed by atoms with Gasteiger partial charge in [0, 0.05) is 0 Å². The van der Waals surface area contributed by atoms with E-state index in [0.29, 0.717) is 0 Å². The predicted octanol–water partition coefficient (Wildman–Crippen LogP) is 3.01. The Morgan fingerprint density at radius 2 is 1.55 bits per heavy atom. The number of benzene rings is 2. The van der Waals surface area contributed by atoms with Crippen LogP contribution in [0.2, 0.25) is 0 Å². The van der Waals surface area contributed by atoms with Crippen molar-refractivity contribution < 1.29 is 19.4 Å². The molecule has 1 unspecified atom stereocenters. The van der Waals surface area contributed by atoms with Crippen molar-refractivity contribution in [2.45, 2.75) is 12.1 Å². The highest BCUT2D eigenvalue weighted by atomic mass is 16.6. The number of esters is 1. The summed E-state index contributed by atoms with van der Waals surface area (Å²) in [5.41, 5.74) is 1.57. The van der Waals surface area contributed by atoms with Crippen LogP contribution in [0.15, 0.2) is 60.7 Å². The molecule has 0 aliphatic carbocycles. The van der Waals surface area contributed by atoms with Gasteiger partial charge in [0.1, 0.15) is 12.6 Å². The Morgan fingerprint density at radius 1 is 1.00 bits per heavy atom. The summed E-state index contributed by atoms with van der Waals surface area (Å²) < 4.78 is 5.48. The van der Waals surface area contributed by atoms with E-state index in [9.17, 15) is 14.7 Å². The van der Waals surface area contributed by atoms with Gasteiger partial charge in [-0.05, 0) is 11.1 Å². The number of cyclic esters (lactones) is 1. The monoisotopic (exact) mass is 297 g/mol. The van der Waals surface area contributed by atoms with Gasteiger partial charge in [-0.3, -0.25) is 9.69 Å². The van der Waals surface area contributed by atoms with E-state index in [1.165, 1.54) is 0 Å². The average Bonchev–Trinajstić information content (AvgIpc) is 2.55. The van der Waals surface area contributed by atoms with Crippen molar-refractivity contribution in [3.05, 3.63) is 71.8 Å². The van der Waals surface area contributed by atoms with E-state index in [1.54, 1.807) is 0 Å². The maximum Gasteiger partial charge on any atom is 0.408 e. The third-order valence-corrected chi connectivity index (χ3v) is 3.70. The number of carboxylic acid groups (broad SMARTS) is 1. The predicted molar refractivity (Wildman–Crippen MR) is 79.2 cm³/mol. The fraction of sp³-hybridized carbons (Fsp3) is 0.176. The van der Waals surface area contributed by atoms with Crippen molar-refractivity contribution >= 4 is 12.1 Å². The topological polar surface area (TPSA) is 66.8 Å². The Balaban J connectivity index is 2.07. The molecule has 112 valence electrons. The lowest BCUT2D eigenvalue weighted by atomic mass is 9.93. The van der Waals surface area contributed by atoms with E-state index in [2.05, 4.69) is 0 Å². The van der Waals surface area contributed by atoms with Crippen LogP contribution in [0.5, 0.6) is 0 Å². The fourth-order valence-corrected chi connectivity index (χ4v) is 2.73. The molecule has 1 N–H and O–H groups in total. The van der Waals surface area contributed by atoms with Gasteiger partial charge in [-0.15, -0.1) is 0 Å². The molecule has 1 heterocycles. The minimum atomic E-state index is -1.13. The summed E-state index contributed by atoms with van der Waals surface area (Å²) in [6.07, 6.45) is -1.78. The Kier molecular flexibility index (Phi) is 3.78. The van der Waals surface area contributed by atoms with Crippen molar-refractivity contribution in [2.24, 2.45) is 0 Å². The number of rotatable bonds is 2. The van der Waals surface area contributed by atoms with E-state index in [1.807, 2.05) is 60.7 Å². The number of hydrogen-bond acceptors (Lipinski definition) is 3. The number of ether oxygens (including phenoxy) is 1. The van der Waals surface area contributed by atoms with Gasteiger partial charge in [0.05, 0.1) is 0 Å². The van der Waals surface area contributed by atoms with Crippen LogP contribution >= 0.6 is 0 Å². The molecule has 2 aromatic rings. The van der Waals surface area contributed by atoms with Crippen LogP contribution < -0.4 is 0 Å². The molecule has 1 amide bonds. The number of carbonyl (C=O) groups excluding carboxylic acids is 1. The van der Waals surface area contributed by atoms with Crippen molar-refractivity contribution in [1.29, 1.82) is 0 Å². The van der Waals surface area contributed by atoms with E-state index >= 15 is 0 Å². The van der Waals surface area contributed by atoms with Crippen molar-refractivity contribution in [3.63, 3.8) is 0 Å². The zero-order valence-corrected chi connectivity index (χ0v) is 11.8. The summed E-state index contributed by atoms with van der Waals surface area (Å²) in [6.45, 7) is -0.266. The molecule has 0 saturated carbocycles. The molecule has 0 radical (unpaired) electrons. The van der Waals surface area contributed by atoms with Crippen molar-refractivity contribution in [2.75, 3.05) is 6.54 Å². The van der Waals surface area contributed by atoms with Crippen LogP contribution in [0.1, 0.15) is 23.3 Å². The maximum absolute atomic E-state index is 11.8. The Hall–Kier alpha value is -2.82. The van der Waals surface area contributed by atoms with E-state index < -0.39 is 24.2 Å². The lowest BCUT2D eigenvalue weighted by Crippen LogP contribution is -2.46. The molecule has 22 heavy (non-hydrogen) atoms. The number of carbonyl (C=O) groups is 2. The molecular weight excluding hydrogens is 282 g/mol. The first-order valence-corrected chi connectivity index (χ1v) is 6.96. The quantitative estimate of drug-likeness (QED) is 0.865. The third kappa shape index (κ3) is 2.65. The number of morpholine rings is 1. The first kappa shape index (κ1) is 14.1. The molecule has 2 aromatic carbocycles. The molecule has 1 saturated heterocycles. The molecule has 3 rings (SSSR count). The van der Waals surface area contributed by atoms with Crippen molar-refractivity contribution in [1.82, 2.24) is 4.90 Å². The second-order valence-corrected chi connectivity index (χ2v) is 5.09. The molecule has 1 aliphatic heterocycles. The standard InChI is InChI=1S/C17H15NO4/c19-14-11-18(17(20)21)15(12-7-3-1-4-8-12)16(22-14)13-9-5-2-6-10-13/h1-10,15-16H,11H2,(H,20,21)/t15-,16?/m0/s1. The average molecular weight is 297 g/mol. The summed E-state index contributed by atoms with van der Waals surface area (Å²) >= 11 is 0. The van der Waals surface area contributed by atoms with Crippen LogP contribution in [0.25, 0.3) is 0 Å². The van der Waals surface area contributed by atoms with Crippen LogP contribution in [0, 0.1) is 0 Å². The Bertz CT molecular complexity index is 670. The van der Waals surface area contributed by atoms with Crippen molar-refractivity contribution in [3.8, 4) is 0 Å². The fourth-order valence-electron chi connectivity index (χ4n) is 2.73. The lowest BCUT2D eigenvalue weighted by molar-refractivity contribution is -0.164. The van der Waals surface area contributed by atoms with Crippen LogP contribution in [0.4, 0.5) is 4.79 Å². The van der Waals surface area contributed by atoms with Gasteiger partial charge in [-0.2, -0.15) is 0 Å². The second kappa shape index (κ2) is 5.89. The minimum absolute atomic E-state index is 0.266. The maximum atomic E-state index is 11.8. The summed E-state index contributed by atoms with van der Waals surface area (Å²) in [5, 5.41) is 9.47. The Labute approximate surface area is 127 Å². The van der Waals surface area contributed by atoms with E-state index in [0.717, 1.165) is 16.0 Å². The largest absolute Gasteiger partial charge is 0.465 e. The molecule has 5 heteroatoms. The van der Waals surface area contributed by atoms with Gasteiger partial charge in [0.2, 0.25) is 0 Å². The Morgan fingerprint density at radius 3 is 2.09 bits per heavy atom. The molecule has 0 aromatic heterocycles. The van der Waals surface area contributed by atoms with Crippen LogP contribution in [-0.4, -0.2) is 28.6 Å². The van der Waals surface area contributed by atoms with E-state index in [4.69, 9.17) is 4.74 Å². The molecule has 5 nitrogen and oxygen atoms in total. The highest BCUT2D eigenvalue weighted by Crippen LogP contribution is 2.39. The van der Waals surface area contributed by atoms with Gasteiger partial charge in [0.25, 0.3) is 0 Å². The summed E-state index contributed by atoms with van der Waals surface area (Å²) in [7, 11) is 0. The number of amides is 1. The molecule has 0 bridgehead atoms. The zero-order valence-electron chi connectivity index (χ0n) is 11.8. The minimum Gasteiger partial charge on any atom is -0.465 e. The van der Waals surface area contributed by atoms with Crippen LogP contribution in [-0.2, 0) is 9.53 Å². The van der Waals surface area contributed by atoms with Gasteiger partial charge < -0.3 is 9.84 Å². The second-order valence-electron chi connectivity index (χ2n) is 5.09. The molecule has 1 aliphatic rings. The van der Waals surface area contributed by atoms with Gasteiger partial charge in [-0.25, -0.2) is 4.79 Å². The smallest absolute Gasteiger partial charge is 0.408 e. The summed E-state index contributed by atoms with van der Waals surface area (Å²) in [5.74, 6) is -0.538. The zero-order chi connectivity index (χ0) is 15.5. The first-order valence-electron chi connectivity index (χ1n) is 6.96. The lowest BCUT2D eigenvalue weighted by Gasteiger charge is -2.39. The molecule has 0 spiro atoms. The van der Waals surface area contributed by atoms with Gasteiger partial charge in [-0.1, -0.05) is 60.7 Å². The SMILES string of the molecule is O=C1CN(C(=O)O)[C@@H](c2ccccc2)C(c2ccccc2)O1. The van der Waals surface area contributed by atoms with E-state index in [-0.39, 0.29) is 6.54 Å². The highest BCUT2D eigenvalue weighted by molar-refractivity contribution is 5.79. The normalized spacial score (nSPS) is 21.3. The van der Waals surface area contributed by atoms with Gasteiger partial charge in [0.15, 0.2) is 6.10 Å². The highest BCUT2D eigenvalue weighted by Gasteiger charge is 2.41.